The Labute approximate surface area is 326 Å². The van der Waals surface area contributed by atoms with E-state index in [0.29, 0.717) is 42.5 Å². The van der Waals surface area contributed by atoms with Gasteiger partial charge < -0.3 is 20.5 Å². The predicted molar refractivity (Wildman–Crippen MR) is 200 cm³/mol. The monoisotopic (exact) mass is 807 g/mol. The van der Waals surface area contributed by atoms with Crippen LogP contribution in [-0.4, -0.2) is 61.1 Å². The fraction of sp³-hybridized carbons (Fsp3) is 0.350. The van der Waals surface area contributed by atoms with E-state index < -0.39 is 68.0 Å². The maximum Gasteiger partial charge on any atom is 0.410 e. The Morgan fingerprint density at radius 3 is 2.18 bits per heavy atom. The first-order valence-corrected chi connectivity index (χ1v) is 19.7. The molecule has 3 aromatic carbocycles. The number of fused-ring (bicyclic) bond motifs is 1. The molecule has 0 saturated carbocycles. The summed E-state index contributed by atoms with van der Waals surface area (Å²) in [5, 5.41) is 2.88. The SMILES string of the molecule is C/C(=C\C(=O)C[C@H]1CCc2cccc3c2N(C1=O)[C@H](C(=O)N[C@H](C)CCC(N)=O)C3)c1ccc(C(F)(F)P2(=O)OCOC(=O)c3ccccc3C(=O)OCO2)cc1. The summed E-state index contributed by atoms with van der Waals surface area (Å²) in [6, 6.07) is 14.3. The summed E-state index contributed by atoms with van der Waals surface area (Å²) in [5.41, 5.74) is 2.85. The van der Waals surface area contributed by atoms with E-state index >= 15 is 8.78 Å². The van der Waals surface area contributed by atoms with Crippen molar-refractivity contribution in [2.75, 3.05) is 18.5 Å². The van der Waals surface area contributed by atoms with Gasteiger partial charge in [0.2, 0.25) is 31.3 Å². The van der Waals surface area contributed by atoms with Crippen LogP contribution >= 0.6 is 7.60 Å². The van der Waals surface area contributed by atoms with Crippen LogP contribution in [-0.2, 0) is 60.8 Å². The Balaban J connectivity index is 1.13. The zero-order chi connectivity index (χ0) is 41.1. The number of aryl methyl sites for hydroxylation is 1. The molecule has 0 bridgehead atoms. The number of carbonyl (C=O) groups excluding carboxylic acids is 6. The Morgan fingerprint density at radius 1 is 0.947 bits per heavy atom. The van der Waals surface area contributed by atoms with E-state index in [1.54, 1.807) is 13.8 Å². The molecule has 0 unspecified atom stereocenters. The number of alkyl halides is 2. The molecule has 3 N–H and O–H groups in total. The molecule has 3 aromatic rings. The van der Waals surface area contributed by atoms with Crippen molar-refractivity contribution in [3.63, 3.8) is 0 Å². The van der Waals surface area contributed by atoms with Gasteiger partial charge in [0.1, 0.15) is 6.04 Å². The average Bonchev–Trinajstić information content (AvgIpc) is 3.51. The minimum Gasteiger partial charge on any atom is -0.434 e. The zero-order valence-corrected chi connectivity index (χ0v) is 31.9. The van der Waals surface area contributed by atoms with Crippen molar-refractivity contribution in [2.45, 2.75) is 70.1 Å². The molecule has 3 amide bonds. The number of esters is 2. The largest absolute Gasteiger partial charge is 0.434 e. The fourth-order valence-corrected chi connectivity index (χ4v) is 8.32. The van der Waals surface area contributed by atoms with E-state index in [1.807, 2.05) is 18.2 Å². The Morgan fingerprint density at radius 2 is 1.56 bits per heavy atom. The molecule has 14 nitrogen and oxygen atoms in total. The lowest BCUT2D eigenvalue weighted by Gasteiger charge is -2.28. The maximum absolute atomic E-state index is 15.8. The second kappa shape index (κ2) is 16.9. The normalized spacial score (nSPS) is 20.2. The highest BCUT2D eigenvalue weighted by atomic mass is 31.2. The molecule has 6 rings (SSSR count). The van der Waals surface area contributed by atoms with Crippen molar-refractivity contribution in [3.05, 3.63) is 106 Å². The fourth-order valence-electron chi connectivity index (χ4n) is 7.07. The van der Waals surface area contributed by atoms with Crippen LogP contribution in [0, 0.1) is 5.92 Å². The van der Waals surface area contributed by atoms with E-state index in [2.05, 4.69) is 5.32 Å². The van der Waals surface area contributed by atoms with Gasteiger partial charge in [0.25, 0.3) is 0 Å². The number of ether oxygens (including phenoxy) is 2. The van der Waals surface area contributed by atoms with Gasteiger partial charge in [0, 0.05) is 36.8 Å². The number of cyclic esters (lactones) is 2. The molecular formula is C40H40F2N3O11P. The van der Waals surface area contributed by atoms with Gasteiger partial charge >= 0.3 is 25.2 Å². The number of hydrogen-bond acceptors (Lipinski definition) is 11. The maximum atomic E-state index is 15.8. The van der Waals surface area contributed by atoms with E-state index in [4.69, 9.17) is 24.3 Å². The summed E-state index contributed by atoms with van der Waals surface area (Å²) in [5.74, 6) is -4.59. The van der Waals surface area contributed by atoms with Gasteiger partial charge in [-0.15, -0.1) is 0 Å². The first kappa shape index (κ1) is 41.1. The molecule has 0 radical (unpaired) electrons. The molecule has 3 aliphatic heterocycles. The van der Waals surface area contributed by atoms with Crippen molar-refractivity contribution in [2.24, 2.45) is 11.7 Å². The van der Waals surface area contributed by atoms with Gasteiger partial charge in [0.15, 0.2) is 5.78 Å². The van der Waals surface area contributed by atoms with Crippen molar-refractivity contribution in [1.29, 1.82) is 0 Å². The number of amides is 3. The molecule has 300 valence electrons. The predicted octanol–water partition coefficient (Wildman–Crippen LogP) is 5.56. The summed E-state index contributed by atoms with van der Waals surface area (Å²) in [7, 11) is -5.50. The number of carbonyl (C=O) groups is 6. The molecule has 0 aliphatic carbocycles. The first-order chi connectivity index (χ1) is 27.1. The third kappa shape index (κ3) is 8.73. The lowest BCUT2D eigenvalue weighted by molar-refractivity contribution is -0.129. The molecule has 0 spiro atoms. The van der Waals surface area contributed by atoms with Crippen LogP contribution in [0.2, 0.25) is 0 Å². The second-order valence-electron chi connectivity index (χ2n) is 14.0. The van der Waals surface area contributed by atoms with Gasteiger partial charge in [-0.05, 0) is 73.6 Å². The minimum absolute atomic E-state index is 0.0922. The number of ketones is 1. The molecule has 0 aromatic heterocycles. The topological polar surface area (TPSA) is 198 Å². The summed E-state index contributed by atoms with van der Waals surface area (Å²) in [4.78, 5) is 78.8. The third-order valence-electron chi connectivity index (χ3n) is 10.1. The molecule has 0 fully saturated rings. The quantitative estimate of drug-likeness (QED) is 0.140. The number of halogens is 2. The number of anilines is 1. The molecule has 0 saturated heterocycles. The summed E-state index contributed by atoms with van der Waals surface area (Å²) in [6.45, 7) is 0.965. The summed E-state index contributed by atoms with van der Waals surface area (Å²) in [6.07, 6.45) is 2.71. The number of nitrogens with zero attached hydrogens (tertiary/aromatic N) is 1. The Kier molecular flexibility index (Phi) is 12.2. The molecule has 3 atom stereocenters. The van der Waals surface area contributed by atoms with Gasteiger partial charge in [-0.2, -0.15) is 8.78 Å². The number of nitrogens with one attached hydrogen (secondary N) is 1. The lowest BCUT2D eigenvalue weighted by atomic mass is 9.92. The van der Waals surface area contributed by atoms with E-state index in [0.717, 1.165) is 23.3 Å². The molecular weight excluding hydrogens is 767 g/mol. The number of allylic oxidation sites excluding steroid dienone is 2. The first-order valence-electron chi connectivity index (χ1n) is 18.1. The highest BCUT2D eigenvalue weighted by molar-refractivity contribution is 7.54. The van der Waals surface area contributed by atoms with Crippen molar-refractivity contribution in [1.82, 2.24) is 5.32 Å². The van der Waals surface area contributed by atoms with Crippen molar-refractivity contribution in [3.8, 4) is 0 Å². The highest BCUT2D eigenvalue weighted by Gasteiger charge is 2.56. The average molecular weight is 808 g/mol. The summed E-state index contributed by atoms with van der Waals surface area (Å²) < 4.78 is 64.5. The number of para-hydroxylation sites is 1. The van der Waals surface area contributed by atoms with Crippen LogP contribution in [0.15, 0.2) is 72.8 Å². The van der Waals surface area contributed by atoms with E-state index in [1.165, 1.54) is 47.4 Å². The smallest absolute Gasteiger partial charge is 0.410 e. The van der Waals surface area contributed by atoms with Crippen LogP contribution in [0.4, 0.5) is 14.5 Å². The third-order valence-corrected chi connectivity index (χ3v) is 11.9. The Bertz CT molecular complexity index is 2150. The number of benzene rings is 3. The van der Waals surface area contributed by atoms with Crippen molar-refractivity contribution < 1.29 is 60.6 Å². The number of hydrogen-bond donors (Lipinski definition) is 2. The van der Waals surface area contributed by atoms with E-state index in [9.17, 15) is 33.3 Å². The molecule has 3 aliphatic rings. The van der Waals surface area contributed by atoms with Crippen LogP contribution in [0.25, 0.3) is 5.57 Å². The van der Waals surface area contributed by atoms with Crippen LogP contribution in [0.3, 0.4) is 0 Å². The summed E-state index contributed by atoms with van der Waals surface area (Å²) >= 11 is 0. The number of nitrogens with two attached hydrogens (primary N) is 1. The van der Waals surface area contributed by atoms with Crippen molar-refractivity contribution >= 4 is 54.3 Å². The van der Waals surface area contributed by atoms with Crippen LogP contribution < -0.4 is 16.0 Å². The van der Waals surface area contributed by atoms with Gasteiger partial charge in [-0.1, -0.05) is 54.6 Å². The molecule has 3 heterocycles. The van der Waals surface area contributed by atoms with Crippen LogP contribution in [0.5, 0.6) is 0 Å². The molecule has 57 heavy (non-hydrogen) atoms. The van der Waals surface area contributed by atoms with Gasteiger partial charge in [0.05, 0.1) is 16.8 Å². The lowest BCUT2D eigenvalue weighted by Crippen LogP contribution is -2.51. The van der Waals surface area contributed by atoms with Gasteiger partial charge in [-0.3, -0.25) is 37.7 Å². The zero-order valence-electron chi connectivity index (χ0n) is 31.0. The number of rotatable bonds is 11. The van der Waals surface area contributed by atoms with Gasteiger partial charge in [-0.25, -0.2) is 9.59 Å². The standard InChI is InChI=1S/C40H40F2N3O11P/c1-23(25-13-15-29(16-14-25)40(41,42)57(52)55-21-53-38(50)31-8-3-4-9-32(31)39(51)54-22-56-57)18-30(46)19-28-12-11-26-6-5-7-27-20-33(45(35(26)27)37(28)49)36(48)44-24(2)10-17-34(43)47/h3-9,13-16,18,24,28,33H,10-12,17,19-22H2,1-2H3,(H2,43,47)(H,44,48)/b23-18+/t24-,28-,33+/m1/s1. The number of primary amides is 1. The Hall–Kier alpha value is -5.57. The van der Waals surface area contributed by atoms with Crippen LogP contribution in [0.1, 0.15) is 82.5 Å². The second-order valence-corrected chi connectivity index (χ2v) is 16.1. The molecule has 17 heteroatoms. The minimum atomic E-state index is -5.50. The van der Waals surface area contributed by atoms with E-state index in [-0.39, 0.29) is 41.8 Å². The highest BCUT2D eigenvalue weighted by Crippen LogP contribution is 2.67.